The van der Waals surface area contributed by atoms with E-state index in [-0.39, 0.29) is 16.9 Å². The Morgan fingerprint density at radius 2 is 1.70 bits per heavy atom. The van der Waals surface area contributed by atoms with Crippen LogP contribution < -0.4 is 11.0 Å². The molecule has 0 saturated carbocycles. The monoisotopic (exact) mass is 417 g/mol. The fourth-order valence-corrected chi connectivity index (χ4v) is 4.43. The summed E-state index contributed by atoms with van der Waals surface area (Å²) in [4.78, 5) is 32.0. The number of rotatable bonds is 3. The van der Waals surface area contributed by atoms with Gasteiger partial charge < -0.3 is 0 Å². The number of nitrogens with zero attached hydrogens (tertiary/aromatic N) is 2. The lowest BCUT2D eigenvalue weighted by atomic mass is 9.87. The molecule has 30 heavy (non-hydrogen) atoms. The number of hydrogen-bond donors (Lipinski definition) is 1. The Balaban J connectivity index is 1.71. The van der Waals surface area contributed by atoms with E-state index in [4.69, 9.17) is 0 Å². The summed E-state index contributed by atoms with van der Waals surface area (Å²) >= 11 is 1.48. The van der Waals surface area contributed by atoms with Crippen LogP contribution in [0.2, 0.25) is 0 Å². The number of hydrogen-bond acceptors (Lipinski definition) is 4. The summed E-state index contributed by atoms with van der Waals surface area (Å²) in [6.45, 7) is 8.34. The van der Waals surface area contributed by atoms with Gasteiger partial charge in [0.05, 0.1) is 5.39 Å². The zero-order chi connectivity index (χ0) is 21.5. The number of thiophene rings is 1. The minimum atomic E-state index is -0.355. The molecule has 0 unspecified atom stereocenters. The first-order valence-electron chi connectivity index (χ1n) is 9.74. The van der Waals surface area contributed by atoms with Crippen LogP contribution in [0, 0.1) is 6.92 Å². The third-order valence-corrected chi connectivity index (χ3v) is 6.10. The van der Waals surface area contributed by atoms with Gasteiger partial charge in [0, 0.05) is 16.0 Å². The molecule has 2 heterocycles. The van der Waals surface area contributed by atoms with Crippen molar-refractivity contribution in [3.05, 3.63) is 87.3 Å². The Hall–Kier alpha value is -3.25. The molecule has 0 aliphatic carbocycles. The molecule has 0 bridgehead atoms. The van der Waals surface area contributed by atoms with E-state index in [1.54, 1.807) is 12.1 Å². The van der Waals surface area contributed by atoms with Crippen molar-refractivity contribution in [3.8, 4) is 11.1 Å². The van der Waals surface area contributed by atoms with Gasteiger partial charge in [-0.2, -0.15) is 0 Å². The summed E-state index contributed by atoms with van der Waals surface area (Å²) in [7, 11) is 0. The number of aromatic nitrogens is 2. The number of carbonyl (C=O) groups excluding carboxylic acids is 1. The largest absolute Gasteiger partial charge is 0.281 e. The third kappa shape index (κ3) is 3.66. The van der Waals surface area contributed by atoms with Gasteiger partial charge in [-0.05, 0) is 35.6 Å². The van der Waals surface area contributed by atoms with Gasteiger partial charge in [-0.3, -0.25) is 15.0 Å². The molecule has 152 valence electrons. The molecular weight excluding hydrogens is 394 g/mol. The maximum absolute atomic E-state index is 13.2. The van der Waals surface area contributed by atoms with Crippen LogP contribution in [0.4, 0.5) is 0 Å². The summed E-state index contributed by atoms with van der Waals surface area (Å²) in [5.41, 5.74) is 5.84. The molecule has 6 heteroatoms. The lowest BCUT2D eigenvalue weighted by molar-refractivity contribution is 0.101. The van der Waals surface area contributed by atoms with Crippen LogP contribution in [0.5, 0.6) is 0 Å². The van der Waals surface area contributed by atoms with E-state index in [0.29, 0.717) is 15.8 Å². The molecule has 0 atom stereocenters. The Labute approximate surface area is 179 Å². The second-order valence-electron chi connectivity index (χ2n) is 8.27. The summed E-state index contributed by atoms with van der Waals surface area (Å²) < 4.78 is 1.17. The predicted octanol–water partition coefficient (Wildman–Crippen LogP) is 5.11. The first-order chi connectivity index (χ1) is 14.3. The Bertz CT molecular complexity index is 1280. The van der Waals surface area contributed by atoms with Gasteiger partial charge in [-0.1, -0.05) is 63.2 Å². The molecule has 0 aliphatic rings. The highest BCUT2D eigenvalue weighted by Gasteiger charge is 2.18. The Kier molecular flexibility index (Phi) is 5.03. The predicted molar refractivity (Wildman–Crippen MR) is 123 cm³/mol. The fourth-order valence-electron chi connectivity index (χ4n) is 3.43. The third-order valence-electron chi connectivity index (χ3n) is 5.09. The van der Waals surface area contributed by atoms with E-state index in [2.05, 4.69) is 31.2 Å². The maximum atomic E-state index is 13.2. The van der Waals surface area contributed by atoms with Crippen molar-refractivity contribution in [3.63, 3.8) is 0 Å². The molecule has 0 spiro atoms. The van der Waals surface area contributed by atoms with E-state index in [9.17, 15) is 9.59 Å². The number of carbonyl (C=O) groups is 1. The summed E-state index contributed by atoms with van der Waals surface area (Å²) in [6.07, 6.45) is 1.37. The van der Waals surface area contributed by atoms with E-state index >= 15 is 0 Å². The zero-order valence-electron chi connectivity index (χ0n) is 17.4. The Morgan fingerprint density at radius 3 is 2.33 bits per heavy atom. The van der Waals surface area contributed by atoms with Gasteiger partial charge in [0.1, 0.15) is 11.2 Å². The van der Waals surface area contributed by atoms with Crippen LogP contribution in [0.1, 0.15) is 41.6 Å². The number of aryl methyl sites for hydroxylation is 1. The molecule has 5 nitrogen and oxygen atoms in total. The SMILES string of the molecule is Cc1sc2ncn(NC(=O)c3ccc(C(C)(C)C)cc3)c(=O)c2c1-c1ccccc1. The minimum Gasteiger partial charge on any atom is -0.267 e. The van der Waals surface area contributed by atoms with Crippen LogP contribution in [-0.4, -0.2) is 15.6 Å². The number of nitrogens with one attached hydrogen (secondary N) is 1. The number of amides is 1. The van der Waals surface area contributed by atoms with E-state index in [0.717, 1.165) is 21.6 Å². The fraction of sp³-hybridized carbons (Fsp3) is 0.208. The minimum absolute atomic E-state index is 0.00551. The van der Waals surface area contributed by atoms with Crippen molar-refractivity contribution in [2.45, 2.75) is 33.1 Å². The molecule has 0 saturated heterocycles. The van der Waals surface area contributed by atoms with Crippen LogP contribution in [0.3, 0.4) is 0 Å². The summed E-state index contributed by atoms with van der Waals surface area (Å²) in [6, 6.07) is 17.2. The van der Waals surface area contributed by atoms with E-state index < -0.39 is 0 Å². The lowest BCUT2D eigenvalue weighted by Crippen LogP contribution is -2.33. The first kappa shape index (κ1) is 20.0. The second kappa shape index (κ2) is 7.54. The van der Waals surface area contributed by atoms with Crippen molar-refractivity contribution in [2.75, 3.05) is 5.43 Å². The van der Waals surface area contributed by atoms with Crippen LogP contribution in [0.15, 0.2) is 65.7 Å². The highest BCUT2D eigenvalue weighted by molar-refractivity contribution is 7.19. The molecule has 1 amide bonds. The standard InChI is InChI=1S/C24H23N3O2S/c1-15-19(16-8-6-5-7-9-16)20-22(30-15)25-14-27(23(20)29)26-21(28)17-10-12-18(13-11-17)24(2,3)4/h5-14H,1-4H3,(H,26,28). The van der Waals surface area contributed by atoms with Crippen LogP contribution in [0.25, 0.3) is 21.3 Å². The highest BCUT2D eigenvalue weighted by atomic mass is 32.1. The topological polar surface area (TPSA) is 64.0 Å². The van der Waals surface area contributed by atoms with Crippen molar-refractivity contribution >= 4 is 27.5 Å². The summed E-state index contributed by atoms with van der Waals surface area (Å²) in [5.74, 6) is -0.355. The van der Waals surface area contributed by atoms with Crippen molar-refractivity contribution in [1.82, 2.24) is 9.66 Å². The smallest absolute Gasteiger partial charge is 0.267 e. The lowest BCUT2D eigenvalue weighted by Gasteiger charge is -2.19. The number of benzene rings is 2. The van der Waals surface area contributed by atoms with E-state index in [1.165, 1.54) is 22.3 Å². The van der Waals surface area contributed by atoms with Gasteiger partial charge >= 0.3 is 0 Å². The second-order valence-corrected chi connectivity index (χ2v) is 9.47. The molecule has 1 N–H and O–H groups in total. The molecule has 4 aromatic rings. The van der Waals surface area contributed by atoms with Crippen LogP contribution in [-0.2, 0) is 5.41 Å². The van der Waals surface area contributed by atoms with Crippen LogP contribution >= 0.6 is 11.3 Å². The molecule has 2 aromatic carbocycles. The van der Waals surface area contributed by atoms with Gasteiger partial charge in [0.25, 0.3) is 11.5 Å². The van der Waals surface area contributed by atoms with Gasteiger partial charge in [0.2, 0.25) is 0 Å². The molecule has 0 aliphatic heterocycles. The molecule has 0 radical (unpaired) electrons. The molecule has 2 aromatic heterocycles. The molecule has 0 fully saturated rings. The van der Waals surface area contributed by atoms with Crippen molar-refractivity contribution < 1.29 is 4.79 Å². The molecule has 4 rings (SSSR count). The molecular formula is C24H23N3O2S. The summed E-state index contributed by atoms with van der Waals surface area (Å²) in [5, 5.41) is 0.523. The van der Waals surface area contributed by atoms with Crippen molar-refractivity contribution in [1.29, 1.82) is 0 Å². The van der Waals surface area contributed by atoms with Gasteiger partial charge in [-0.25, -0.2) is 9.66 Å². The Morgan fingerprint density at radius 1 is 1.03 bits per heavy atom. The van der Waals surface area contributed by atoms with E-state index in [1.807, 2.05) is 49.4 Å². The maximum Gasteiger partial charge on any atom is 0.281 e. The number of fused-ring (bicyclic) bond motifs is 1. The highest BCUT2D eigenvalue weighted by Crippen LogP contribution is 2.35. The quantitative estimate of drug-likeness (QED) is 0.503. The van der Waals surface area contributed by atoms with Crippen molar-refractivity contribution in [2.24, 2.45) is 0 Å². The van der Waals surface area contributed by atoms with Gasteiger partial charge in [-0.15, -0.1) is 11.3 Å². The first-order valence-corrected chi connectivity index (χ1v) is 10.6. The average molecular weight is 418 g/mol. The average Bonchev–Trinajstić information content (AvgIpc) is 3.07. The normalized spacial score (nSPS) is 11.6. The van der Waals surface area contributed by atoms with Gasteiger partial charge in [0.15, 0.2) is 0 Å². The zero-order valence-corrected chi connectivity index (χ0v) is 18.2.